The Hall–Kier alpha value is -1.43. The molecule has 2 aliphatic rings. The fourth-order valence-corrected chi connectivity index (χ4v) is 4.95. The zero-order valence-corrected chi connectivity index (χ0v) is 15.2. The van der Waals surface area contributed by atoms with Crippen LogP contribution >= 0.6 is 0 Å². The van der Waals surface area contributed by atoms with Crippen molar-refractivity contribution in [1.82, 2.24) is 0 Å². The van der Waals surface area contributed by atoms with E-state index < -0.39 is 17.2 Å². The summed E-state index contributed by atoms with van der Waals surface area (Å²) in [5.41, 5.74) is 0.212. The molecule has 0 amide bonds. The zero-order valence-electron chi connectivity index (χ0n) is 15.2. The molecule has 0 N–H and O–H groups in total. The fourth-order valence-electron chi connectivity index (χ4n) is 4.95. The van der Waals surface area contributed by atoms with E-state index in [2.05, 4.69) is 6.92 Å². The average molecular weight is 345 g/mol. The first-order chi connectivity index (χ1) is 12.1. The molecule has 25 heavy (non-hydrogen) atoms. The van der Waals surface area contributed by atoms with Gasteiger partial charge in [0.25, 0.3) is 0 Å². The molecule has 1 aromatic rings. The molecule has 2 fully saturated rings. The van der Waals surface area contributed by atoms with Crippen molar-refractivity contribution in [2.24, 2.45) is 23.7 Å². The van der Waals surface area contributed by atoms with Crippen LogP contribution in [0.25, 0.3) is 0 Å². The van der Waals surface area contributed by atoms with Gasteiger partial charge in [-0.25, -0.2) is 8.78 Å². The van der Waals surface area contributed by atoms with Crippen molar-refractivity contribution in [2.75, 3.05) is 0 Å². The summed E-state index contributed by atoms with van der Waals surface area (Å²) in [6.07, 6.45) is 12.5. The molecule has 136 valence electrons. The average Bonchev–Trinajstić information content (AvgIpc) is 2.61. The molecule has 0 aromatic heterocycles. The van der Waals surface area contributed by atoms with Gasteiger partial charge in [0.2, 0.25) is 0 Å². The number of halogens is 2. The van der Waals surface area contributed by atoms with Gasteiger partial charge in [-0.15, -0.1) is 0 Å². The van der Waals surface area contributed by atoms with Crippen molar-refractivity contribution in [3.63, 3.8) is 0 Å². The van der Waals surface area contributed by atoms with E-state index in [1.54, 1.807) is 6.07 Å². The first kappa shape index (κ1) is 18.4. The molecule has 3 heteroatoms. The van der Waals surface area contributed by atoms with Crippen molar-refractivity contribution in [3.8, 4) is 6.07 Å². The van der Waals surface area contributed by atoms with Gasteiger partial charge in [-0.2, -0.15) is 5.26 Å². The highest BCUT2D eigenvalue weighted by atomic mass is 19.1. The van der Waals surface area contributed by atoms with Crippen LogP contribution in [0.4, 0.5) is 8.78 Å². The third-order valence-corrected chi connectivity index (χ3v) is 6.67. The molecular weight excluding hydrogens is 316 g/mol. The van der Waals surface area contributed by atoms with Gasteiger partial charge < -0.3 is 0 Å². The lowest BCUT2D eigenvalue weighted by molar-refractivity contribution is 0.148. The largest absolute Gasteiger partial charge is 0.205 e. The summed E-state index contributed by atoms with van der Waals surface area (Å²) in [5, 5.41) is 8.74. The summed E-state index contributed by atoms with van der Waals surface area (Å²) in [4.78, 5) is 0. The Balaban J connectivity index is 1.46. The van der Waals surface area contributed by atoms with Crippen LogP contribution in [-0.2, 0) is 6.42 Å². The summed E-state index contributed by atoms with van der Waals surface area (Å²) in [6.45, 7) is 2.38. The van der Waals surface area contributed by atoms with E-state index in [-0.39, 0.29) is 0 Å². The highest BCUT2D eigenvalue weighted by Crippen LogP contribution is 2.42. The molecule has 1 aromatic carbocycles. The first-order valence-electron chi connectivity index (χ1n) is 9.94. The van der Waals surface area contributed by atoms with Crippen LogP contribution in [-0.4, -0.2) is 0 Å². The molecule has 0 aliphatic heterocycles. The van der Waals surface area contributed by atoms with Crippen LogP contribution in [0.3, 0.4) is 0 Å². The molecule has 0 radical (unpaired) electrons. The number of hydrogen-bond donors (Lipinski definition) is 0. The number of benzene rings is 1. The second-order valence-electron chi connectivity index (χ2n) is 8.39. The molecule has 1 nitrogen and oxygen atoms in total. The van der Waals surface area contributed by atoms with Crippen LogP contribution in [0.5, 0.6) is 0 Å². The van der Waals surface area contributed by atoms with Crippen LogP contribution in [0.2, 0.25) is 0 Å². The van der Waals surface area contributed by atoms with E-state index in [1.165, 1.54) is 63.5 Å². The number of nitrogens with zero attached hydrogens (tertiary/aromatic N) is 1. The van der Waals surface area contributed by atoms with Crippen LogP contribution in [0.1, 0.15) is 75.8 Å². The Bertz CT molecular complexity index is 594. The standard InChI is InChI=1S/C22H29F2N/c1-15-2-8-18(9-3-15)19-10-6-16(7-11-19)4-5-17-12-21(23)20(14-25)22(24)13-17/h12-13,15-16,18-19H,2-11H2,1H3/t15-,16-,18-,19-. The zero-order chi connectivity index (χ0) is 17.8. The number of rotatable bonds is 4. The Morgan fingerprint density at radius 1 is 0.920 bits per heavy atom. The van der Waals surface area contributed by atoms with Crippen LogP contribution in [0, 0.1) is 46.6 Å². The van der Waals surface area contributed by atoms with Gasteiger partial charge in [-0.3, -0.25) is 0 Å². The van der Waals surface area contributed by atoms with Gasteiger partial charge in [0.05, 0.1) is 0 Å². The number of nitriles is 1. The summed E-state index contributed by atoms with van der Waals surface area (Å²) < 4.78 is 27.4. The minimum atomic E-state index is -0.729. The molecule has 0 heterocycles. The van der Waals surface area contributed by atoms with E-state index in [0.29, 0.717) is 17.9 Å². The third kappa shape index (κ3) is 4.60. The lowest BCUT2D eigenvalue weighted by atomic mass is 9.69. The molecular formula is C22H29F2N. The van der Waals surface area contributed by atoms with Gasteiger partial charge in [-0.05, 0) is 79.9 Å². The number of aryl methyl sites for hydroxylation is 1. The van der Waals surface area contributed by atoms with E-state index in [9.17, 15) is 8.78 Å². The smallest absolute Gasteiger partial charge is 0.144 e. The highest BCUT2D eigenvalue weighted by molar-refractivity contribution is 5.35. The van der Waals surface area contributed by atoms with E-state index in [0.717, 1.165) is 24.2 Å². The monoisotopic (exact) mass is 345 g/mol. The third-order valence-electron chi connectivity index (χ3n) is 6.67. The molecule has 2 saturated carbocycles. The second kappa shape index (κ2) is 8.30. The van der Waals surface area contributed by atoms with Crippen molar-refractivity contribution in [2.45, 2.75) is 71.1 Å². The fraction of sp³-hybridized carbons (Fsp3) is 0.682. The molecule has 0 bridgehead atoms. The van der Waals surface area contributed by atoms with Crippen molar-refractivity contribution in [1.29, 1.82) is 5.26 Å². The minimum absolute atomic E-state index is 0.467. The maximum atomic E-state index is 13.7. The predicted molar refractivity (Wildman–Crippen MR) is 96.0 cm³/mol. The molecule has 0 atom stereocenters. The molecule has 3 rings (SSSR count). The summed E-state index contributed by atoms with van der Waals surface area (Å²) in [6, 6.07) is 4.24. The second-order valence-corrected chi connectivity index (χ2v) is 8.39. The summed E-state index contributed by atoms with van der Waals surface area (Å²) >= 11 is 0. The molecule has 0 saturated heterocycles. The van der Waals surface area contributed by atoms with Gasteiger partial charge in [0.1, 0.15) is 23.3 Å². The van der Waals surface area contributed by atoms with Crippen molar-refractivity contribution >= 4 is 0 Å². The van der Waals surface area contributed by atoms with Crippen molar-refractivity contribution < 1.29 is 8.78 Å². The Morgan fingerprint density at radius 2 is 1.44 bits per heavy atom. The van der Waals surface area contributed by atoms with Crippen LogP contribution < -0.4 is 0 Å². The normalized spacial score (nSPS) is 30.0. The maximum Gasteiger partial charge on any atom is 0.144 e. The Kier molecular flexibility index (Phi) is 6.10. The Morgan fingerprint density at radius 3 is 1.96 bits per heavy atom. The quantitative estimate of drug-likeness (QED) is 0.619. The highest BCUT2D eigenvalue weighted by Gasteiger charge is 2.29. The SMILES string of the molecule is C[C@H]1CC[C@H]([C@H]2CC[C@H](CCc3cc(F)c(C#N)c(F)c3)CC2)CC1. The molecule has 0 spiro atoms. The van der Waals surface area contributed by atoms with Gasteiger partial charge in [0, 0.05) is 0 Å². The maximum absolute atomic E-state index is 13.7. The molecule has 0 unspecified atom stereocenters. The van der Waals surface area contributed by atoms with E-state index in [4.69, 9.17) is 5.26 Å². The van der Waals surface area contributed by atoms with Gasteiger partial charge >= 0.3 is 0 Å². The lowest BCUT2D eigenvalue weighted by Crippen LogP contribution is -2.25. The van der Waals surface area contributed by atoms with Crippen molar-refractivity contribution in [3.05, 3.63) is 34.9 Å². The lowest BCUT2D eigenvalue weighted by Gasteiger charge is -2.37. The minimum Gasteiger partial charge on any atom is -0.205 e. The Labute approximate surface area is 150 Å². The van der Waals surface area contributed by atoms with Crippen LogP contribution in [0.15, 0.2) is 12.1 Å². The first-order valence-corrected chi connectivity index (χ1v) is 9.94. The van der Waals surface area contributed by atoms with Gasteiger partial charge in [-0.1, -0.05) is 32.6 Å². The van der Waals surface area contributed by atoms with E-state index in [1.807, 2.05) is 0 Å². The predicted octanol–water partition coefficient (Wildman–Crippen LogP) is 6.40. The summed E-state index contributed by atoms with van der Waals surface area (Å²) in [5.74, 6) is 1.99. The topological polar surface area (TPSA) is 23.8 Å². The summed E-state index contributed by atoms with van der Waals surface area (Å²) in [7, 11) is 0. The van der Waals surface area contributed by atoms with Gasteiger partial charge in [0.15, 0.2) is 0 Å². The number of hydrogen-bond acceptors (Lipinski definition) is 1. The van der Waals surface area contributed by atoms with E-state index >= 15 is 0 Å². The molecule has 2 aliphatic carbocycles.